The second-order valence-corrected chi connectivity index (χ2v) is 8.12. The minimum Gasteiger partial charge on any atom is -0.504 e. The average Bonchev–Trinajstić information content (AvgIpc) is 3.32. The van der Waals surface area contributed by atoms with Crippen molar-refractivity contribution in [3.05, 3.63) is 63.8 Å². The molecule has 2 heterocycles. The number of anilines is 1. The summed E-state index contributed by atoms with van der Waals surface area (Å²) in [5.41, 5.74) is 0.764. The number of phenols is 2. The van der Waals surface area contributed by atoms with E-state index in [0.29, 0.717) is 36.0 Å². The summed E-state index contributed by atoms with van der Waals surface area (Å²) < 4.78 is 16.3. The molecule has 2 N–H and O–H groups in total. The van der Waals surface area contributed by atoms with Crippen molar-refractivity contribution in [2.75, 3.05) is 24.7 Å². The highest BCUT2D eigenvalue weighted by molar-refractivity contribution is 7.09. The number of fused-ring (bicyclic) bond motifs is 1. The number of hydrogen-bond acceptors (Lipinski definition) is 8. The second-order valence-electron chi connectivity index (χ2n) is 7.09. The molecule has 0 aliphatic carbocycles. The molecule has 9 heteroatoms. The van der Waals surface area contributed by atoms with Gasteiger partial charge in [-0.25, -0.2) is 4.79 Å². The molecule has 0 saturated heterocycles. The second kappa shape index (κ2) is 9.19. The minimum atomic E-state index is -0.913. The van der Waals surface area contributed by atoms with Crippen molar-refractivity contribution in [3.63, 3.8) is 0 Å². The predicted octanol–water partition coefficient (Wildman–Crippen LogP) is 3.63. The van der Waals surface area contributed by atoms with Crippen LogP contribution in [0, 0.1) is 6.92 Å². The van der Waals surface area contributed by atoms with Crippen LogP contribution in [0.1, 0.15) is 20.8 Å². The molecule has 1 aromatic heterocycles. The lowest BCUT2D eigenvalue weighted by Crippen LogP contribution is -2.34. The van der Waals surface area contributed by atoms with Gasteiger partial charge in [0.2, 0.25) is 0 Å². The van der Waals surface area contributed by atoms with Crippen molar-refractivity contribution in [1.82, 2.24) is 0 Å². The fraction of sp³-hybridized carbons (Fsp3) is 0.217. The first-order valence-electron chi connectivity index (χ1n) is 9.85. The van der Waals surface area contributed by atoms with Gasteiger partial charge in [-0.2, -0.15) is 0 Å². The molecule has 1 aliphatic heterocycles. The number of aromatic hydroxyl groups is 2. The van der Waals surface area contributed by atoms with E-state index in [0.717, 1.165) is 4.88 Å². The normalized spacial score (nSPS) is 12.3. The molecule has 0 atom stereocenters. The van der Waals surface area contributed by atoms with Gasteiger partial charge in [0.05, 0.1) is 6.54 Å². The van der Waals surface area contributed by atoms with E-state index in [1.807, 2.05) is 17.5 Å². The SMILES string of the molecule is Cc1ccc(C(=O)OCC(=O)N(Cc2cccs2)c2ccc3c(c2)OCCO3)c(O)c1O. The first-order valence-corrected chi connectivity index (χ1v) is 10.7. The van der Waals surface area contributed by atoms with E-state index in [1.54, 1.807) is 25.1 Å². The highest BCUT2D eigenvalue weighted by Crippen LogP contribution is 2.35. The Balaban J connectivity index is 1.53. The maximum Gasteiger partial charge on any atom is 0.342 e. The number of rotatable bonds is 6. The van der Waals surface area contributed by atoms with Gasteiger partial charge in [-0.3, -0.25) is 4.79 Å². The van der Waals surface area contributed by atoms with E-state index in [2.05, 4.69) is 0 Å². The van der Waals surface area contributed by atoms with Gasteiger partial charge in [-0.15, -0.1) is 11.3 Å². The zero-order chi connectivity index (χ0) is 22.7. The number of phenolic OH excluding ortho intramolecular Hbond substituents is 2. The summed E-state index contributed by atoms with van der Waals surface area (Å²) in [6.07, 6.45) is 0. The third kappa shape index (κ3) is 4.47. The summed E-state index contributed by atoms with van der Waals surface area (Å²) in [7, 11) is 0. The van der Waals surface area contributed by atoms with Crippen molar-refractivity contribution >= 4 is 28.9 Å². The Morgan fingerprint density at radius 3 is 2.59 bits per heavy atom. The Labute approximate surface area is 188 Å². The molecule has 1 amide bonds. The van der Waals surface area contributed by atoms with Gasteiger partial charge in [-0.1, -0.05) is 12.1 Å². The maximum absolute atomic E-state index is 13.0. The minimum absolute atomic E-state index is 0.218. The Morgan fingerprint density at radius 2 is 1.84 bits per heavy atom. The Morgan fingerprint density at radius 1 is 1.06 bits per heavy atom. The van der Waals surface area contributed by atoms with Crippen LogP contribution in [0.3, 0.4) is 0 Å². The number of esters is 1. The fourth-order valence-corrected chi connectivity index (χ4v) is 3.90. The molecule has 166 valence electrons. The largest absolute Gasteiger partial charge is 0.504 e. The quantitative estimate of drug-likeness (QED) is 0.432. The molecule has 0 saturated carbocycles. The van der Waals surface area contributed by atoms with Crippen molar-refractivity contribution in [2.24, 2.45) is 0 Å². The molecular formula is C23H21NO7S. The monoisotopic (exact) mass is 455 g/mol. The van der Waals surface area contributed by atoms with Crippen LogP contribution < -0.4 is 14.4 Å². The summed E-state index contributed by atoms with van der Waals surface area (Å²) in [5.74, 6) is -1.21. The van der Waals surface area contributed by atoms with Crippen LogP contribution in [0.25, 0.3) is 0 Å². The topological polar surface area (TPSA) is 106 Å². The van der Waals surface area contributed by atoms with Gasteiger partial charge < -0.3 is 29.3 Å². The first-order chi connectivity index (χ1) is 15.4. The molecule has 0 fully saturated rings. The van der Waals surface area contributed by atoms with Gasteiger partial charge in [0.15, 0.2) is 29.6 Å². The summed E-state index contributed by atoms with van der Waals surface area (Å²) >= 11 is 1.50. The van der Waals surface area contributed by atoms with E-state index >= 15 is 0 Å². The van der Waals surface area contributed by atoms with E-state index in [9.17, 15) is 19.8 Å². The van der Waals surface area contributed by atoms with Crippen LogP contribution in [0.5, 0.6) is 23.0 Å². The molecule has 0 radical (unpaired) electrons. The van der Waals surface area contributed by atoms with Crippen LogP contribution in [-0.2, 0) is 16.1 Å². The van der Waals surface area contributed by atoms with Crippen LogP contribution in [0.2, 0.25) is 0 Å². The van der Waals surface area contributed by atoms with Crippen molar-refractivity contribution in [1.29, 1.82) is 0 Å². The lowest BCUT2D eigenvalue weighted by atomic mass is 10.1. The van der Waals surface area contributed by atoms with Gasteiger partial charge >= 0.3 is 5.97 Å². The lowest BCUT2D eigenvalue weighted by Gasteiger charge is -2.25. The third-order valence-electron chi connectivity index (χ3n) is 4.93. The van der Waals surface area contributed by atoms with Gasteiger partial charge in [0.1, 0.15) is 18.8 Å². The zero-order valence-corrected chi connectivity index (χ0v) is 18.1. The van der Waals surface area contributed by atoms with Crippen LogP contribution >= 0.6 is 11.3 Å². The third-order valence-corrected chi connectivity index (χ3v) is 5.79. The molecule has 0 spiro atoms. The molecule has 32 heavy (non-hydrogen) atoms. The van der Waals surface area contributed by atoms with Gasteiger partial charge in [-0.05, 0) is 42.1 Å². The van der Waals surface area contributed by atoms with Crippen molar-refractivity contribution < 1.29 is 34.0 Å². The molecule has 0 unspecified atom stereocenters. The first kappa shape index (κ1) is 21.5. The smallest absolute Gasteiger partial charge is 0.342 e. The zero-order valence-electron chi connectivity index (χ0n) is 17.2. The maximum atomic E-state index is 13.0. The summed E-state index contributed by atoms with van der Waals surface area (Å²) in [6.45, 7) is 2.20. The molecule has 1 aliphatic rings. The Bertz CT molecular complexity index is 1140. The molecular weight excluding hydrogens is 434 g/mol. The number of nitrogens with zero attached hydrogens (tertiary/aromatic N) is 1. The number of carbonyl (C=O) groups is 2. The van der Waals surface area contributed by atoms with Crippen LogP contribution in [0.15, 0.2) is 47.8 Å². The Kier molecular flexibility index (Phi) is 6.18. The average molecular weight is 455 g/mol. The number of thiophene rings is 1. The van der Waals surface area contributed by atoms with E-state index in [1.165, 1.54) is 28.4 Å². The molecule has 0 bridgehead atoms. The van der Waals surface area contributed by atoms with E-state index < -0.39 is 30.0 Å². The van der Waals surface area contributed by atoms with Crippen LogP contribution in [0.4, 0.5) is 5.69 Å². The molecule has 4 rings (SSSR count). The fourth-order valence-electron chi connectivity index (χ4n) is 3.21. The highest BCUT2D eigenvalue weighted by atomic mass is 32.1. The highest BCUT2D eigenvalue weighted by Gasteiger charge is 2.23. The summed E-state index contributed by atoms with van der Waals surface area (Å²) in [5, 5.41) is 21.8. The van der Waals surface area contributed by atoms with Crippen molar-refractivity contribution in [3.8, 4) is 23.0 Å². The van der Waals surface area contributed by atoms with Crippen LogP contribution in [-0.4, -0.2) is 41.9 Å². The molecule has 8 nitrogen and oxygen atoms in total. The van der Waals surface area contributed by atoms with Gasteiger partial charge in [0, 0.05) is 16.6 Å². The lowest BCUT2D eigenvalue weighted by molar-refractivity contribution is -0.121. The molecule has 2 aromatic carbocycles. The number of ether oxygens (including phenoxy) is 3. The van der Waals surface area contributed by atoms with E-state index in [4.69, 9.17) is 14.2 Å². The van der Waals surface area contributed by atoms with E-state index in [-0.39, 0.29) is 12.1 Å². The van der Waals surface area contributed by atoms with Crippen molar-refractivity contribution in [2.45, 2.75) is 13.5 Å². The number of aryl methyl sites for hydroxylation is 1. The molecule has 3 aromatic rings. The number of hydrogen-bond donors (Lipinski definition) is 2. The number of carbonyl (C=O) groups excluding carboxylic acids is 2. The standard InChI is InChI=1S/C23H21NO7S/c1-14-4-6-17(22(27)21(14)26)23(28)31-13-20(25)24(12-16-3-2-10-32-16)15-5-7-18-19(11-15)30-9-8-29-18/h2-7,10-11,26-27H,8-9,12-13H2,1H3. The number of amides is 1. The summed E-state index contributed by atoms with van der Waals surface area (Å²) in [4.78, 5) is 27.9. The number of benzene rings is 2. The predicted molar refractivity (Wildman–Crippen MR) is 118 cm³/mol. The summed E-state index contributed by atoms with van der Waals surface area (Å²) in [6, 6.07) is 11.8. The Hall–Kier alpha value is -3.72. The van der Waals surface area contributed by atoms with Gasteiger partial charge in [0.25, 0.3) is 5.91 Å².